The number of hydrogen-bond acceptors (Lipinski definition) is 1. The third-order valence-electron chi connectivity index (χ3n) is 3.46. The van der Waals surface area contributed by atoms with Gasteiger partial charge in [-0.25, -0.2) is 0 Å². The van der Waals surface area contributed by atoms with Crippen LogP contribution in [-0.4, -0.2) is 22.9 Å². The summed E-state index contributed by atoms with van der Waals surface area (Å²) >= 11 is 0. The van der Waals surface area contributed by atoms with Gasteiger partial charge in [0, 0.05) is 12.1 Å². The summed E-state index contributed by atoms with van der Waals surface area (Å²) in [6.07, 6.45) is 0. The van der Waals surface area contributed by atoms with Crippen molar-refractivity contribution in [2.24, 2.45) is 5.92 Å². The van der Waals surface area contributed by atoms with Crippen LogP contribution in [0.2, 0.25) is 0 Å². The van der Waals surface area contributed by atoms with Crippen molar-refractivity contribution in [1.29, 1.82) is 0 Å². The van der Waals surface area contributed by atoms with Crippen molar-refractivity contribution in [2.75, 3.05) is 0 Å². The van der Waals surface area contributed by atoms with Crippen molar-refractivity contribution in [3.63, 3.8) is 0 Å². The van der Waals surface area contributed by atoms with Gasteiger partial charge in [0.25, 0.3) is 0 Å². The number of benzene rings is 1. The highest BCUT2D eigenvalue weighted by Crippen LogP contribution is 2.28. The Morgan fingerprint density at radius 3 is 1.74 bits per heavy atom. The van der Waals surface area contributed by atoms with Crippen LogP contribution in [0.5, 0.6) is 0 Å². The van der Waals surface area contributed by atoms with E-state index in [1.54, 1.807) is 0 Å². The first kappa shape index (κ1) is 15.7. The second kappa shape index (κ2) is 6.74. The summed E-state index contributed by atoms with van der Waals surface area (Å²) in [7, 11) is 0. The van der Waals surface area contributed by atoms with E-state index in [1.807, 2.05) is 23.1 Å². The van der Waals surface area contributed by atoms with Gasteiger partial charge in [0.05, 0.1) is 5.92 Å². The van der Waals surface area contributed by atoms with E-state index in [0.29, 0.717) is 5.92 Å². The highest BCUT2D eigenvalue weighted by Gasteiger charge is 2.31. The van der Waals surface area contributed by atoms with E-state index in [1.165, 1.54) is 0 Å². The molecule has 1 rings (SSSR count). The average molecular weight is 261 g/mol. The van der Waals surface area contributed by atoms with Crippen LogP contribution in [0.4, 0.5) is 0 Å². The maximum absolute atomic E-state index is 12.9. The highest BCUT2D eigenvalue weighted by molar-refractivity contribution is 5.84. The molecule has 0 radical (unpaired) electrons. The summed E-state index contributed by atoms with van der Waals surface area (Å²) in [5, 5.41) is 0. The molecule has 1 atom stereocenters. The molecular formula is C17H27NO. The minimum atomic E-state index is -0.0500. The largest absolute Gasteiger partial charge is 0.337 e. The predicted molar refractivity (Wildman–Crippen MR) is 81.1 cm³/mol. The Morgan fingerprint density at radius 2 is 1.37 bits per heavy atom. The molecule has 0 spiro atoms. The summed E-state index contributed by atoms with van der Waals surface area (Å²) in [5.41, 5.74) is 1.12. The zero-order valence-corrected chi connectivity index (χ0v) is 13.1. The van der Waals surface area contributed by atoms with Gasteiger partial charge < -0.3 is 4.90 Å². The van der Waals surface area contributed by atoms with E-state index in [0.717, 1.165) is 5.56 Å². The molecule has 106 valence electrons. The number of hydrogen-bond donors (Lipinski definition) is 0. The van der Waals surface area contributed by atoms with Crippen molar-refractivity contribution in [3.05, 3.63) is 35.9 Å². The molecule has 0 aromatic heterocycles. The van der Waals surface area contributed by atoms with Gasteiger partial charge in [-0.3, -0.25) is 4.79 Å². The molecule has 1 aromatic carbocycles. The molecule has 0 fully saturated rings. The maximum Gasteiger partial charge on any atom is 0.230 e. The molecule has 1 aromatic rings. The summed E-state index contributed by atoms with van der Waals surface area (Å²) in [5.74, 6) is 0.493. The molecule has 1 unspecified atom stereocenters. The zero-order valence-electron chi connectivity index (χ0n) is 13.1. The van der Waals surface area contributed by atoms with Gasteiger partial charge in [-0.15, -0.1) is 0 Å². The molecule has 0 aliphatic carbocycles. The van der Waals surface area contributed by atoms with Crippen LogP contribution < -0.4 is 0 Å². The monoisotopic (exact) mass is 261 g/mol. The van der Waals surface area contributed by atoms with E-state index in [-0.39, 0.29) is 23.9 Å². The lowest BCUT2D eigenvalue weighted by Crippen LogP contribution is -2.45. The molecule has 0 N–H and O–H groups in total. The molecule has 2 nitrogen and oxygen atoms in total. The molecule has 0 aliphatic rings. The summed E-state index contributed by atoms with van der Waals surface area (Å²) in [6.45, 7) is 12.6. The van der Waals surface area contributed by atoms with E-state index in [2.05, 4.69) is 53.7 Å². The van der Waals surface area contributed by atoms with E-state index in [9.17, 15) is 4.79 Å². The first-order valence-electron chi connectivity index (χ1n) is 7.23. The Balaban J connectivity index is 3.10. The van der Waals surface area contributed by atoms with Crippen molar-refractivity contribution in [2.45, 2.75) is 59.5 Å². The lowest BCUT2D eigenvalue weighted by molar-refractivity contribution is -0.137. The number of rotatable bonds is 5. The van der Waals surface area contributed by atoms with Crippen LogP contribution in [0.15, 0.2) is 30.3 Å². The van der Waals surface area contributed by atoms with E-state index in [4.69, 9.17) is 0 Å². The molecule has 0 bridgehead atoms. The second-order valence-electron chi connectivity index (χ2n) is 6.07. The molecule has 19 heavy (non-hydrogen) atoms. The Morgan fingerprint density at radius 1 is 0.895 bits per heavy atom. The Bertz CT molecular complexity index is 387. The fourth-order valence-electron chi connectivity index (χ4n) is 2.74. The van der Waals surface area contributed by atoms with Gasteiger partial charge in [0.2, 0.25) is 5.91 Å². The lowest BCUT2D eigenvalue weighted by Gasteiger charge is -2.35. The first-order chi connectivity index (χ1) is 8.86. The highest BCUT2D eigenvalue weighted by atomic mass is 16.2. The molecule has 2 heteroatoms. The third-order valence-corrected chi connectivity index (χ3v) is 3.46. The lowest BCUT2D eigenvalue weighted by atomic mass is 9.86. The summed E-state index contributed by atoms with van der Waals surface area (Å²) in [6, 6.07) is 10.6. The number of carbonyl (C=O) groups is 1. The summed E-state index contributed by atoms with van der Waals surface area (Å²) < 4.78 is 0. The second-order valence-corrected chi connectivity index (χ2v) is 6.07. The topological polar surface area (TPSA) is 20.3 Å². The van der Waals surface area contributed by atoms with Gasteiger partial charge in [0.1, 0.15) is 0 Å². The van der Waals surface area contributed by atoms with Crippen LogP contribution in [-0.2, 0) is 4.79 Å². The van der Waals surface area contributed by atoms with Crippen molar-refractivity contribution >= 4 is 5.91 Å². The van der Waals surface area contributed by atoms with E-state index < -0.39 is 0 Å². The van der Waals surface area contributed by atoms with E-state index >= 15 is 0 Å². The van der Waals surface area contributed by atoms with Crippen molar-refractivity contribution < 1.29 is 4.79 Å². The third kappa shape index (κ3) is 3.82. The van der Waals surface area contributed by atoms with Crippen LogP contribution in [0.1, 0.15) is 53.0 Å². The van der Waals surface area contributed by atoms with Crippen LogP contribution >= 0.6 is 0 Å². The number of amides is 1. The zero-order chi connectivity index (χ0) is 14.6. The first-order valence-corrected chi connectivity index (χ1v) is 7.23. The summed E-state index contributed by atoms with van der Waals surface area (Å²) in [4.78, 5) is 14.9. The van der Waals surface area contributed by atoms with Gasteiger partial charge in [-0.2, -0.15) is 0 Å². The fraction of sp³-hybridized carbons (Fsp3) is 0.588. The van der Waals surface area contributed by atoms with Crippen molar-refractivity contribution in [1.82, 2.24) is 4.90 Å². The predicted octanol–water partition coefficient (Wildman–Crippen LogP) is 4.07. The minimum absolute atomic E-state index is 0.0500. The van der Waals surface area contributed by atoms with Gasteiger partial charge in [0.15, 0.2) is 0 Å². The normalized spacial score (nSPS) is 13.1. The van der Waals surface area contributed by atoms with Crippen molar-refractivity contribution in [3.8, 4) is 0 Å². The van der Waals surface area contributed by atoms with Crippen LogP contribution in [0.3, 0.4) is 0 Å². The molecule has 0 heterocycles. The number of carbonyl (C=O) groups excluding carboxylic acids is 1. The standard InChI is InChI=1S/C17H27NO/c1-12(2)16(15-10-8-7-9-11-15)17(19)18(13(3)4)14(5)6/h7-14,16H,1-6H3. The Kier molecular flexibility index (Phi) is 5.59. The Hall–Kier alpha value is -1.31. The molecule has 0 aliphatic heterocycles. The maximum atomic E-state index is 12.9. The smallest absolute Gasteiger partial charge is 0.230 e. The fourth-order valence-corrected chi connectivity index (χ4v) is 2.74. The molecule has 0 saturated heterocycles. The quantitative estimate of drug-likeness (QED) is 0.782. The number of nitrogens with zero attached hydrogens (tertiary/aromatic N) is 1. The van der Waals surface area contributed by atoms with Gasteiger partial charge >= 0.3 is 0 Å². The SMILES string of the molecule is CC(C)C(C(=O)N(C(C)C)C(C)C)c1ccccc1. The van der Waals surface area contributed by atoms with Crippen LogP contribution in [0.25, 0.3) is 0 Å². The van der Waals surface area contributed by atoms with Crippen LogP contribution in [0, 0.1) is 5.92 Å². The molecule has 1 amide bonds. The average Bonchev–Trinajstić information content (AvgIpc) is 2.28. The minimum Gasteiger partial charge on any atom is -0.337 e. The molecule has 0 saturated carbocycles. The molecular weight excluding hydrogens is 234 g/mol. The Labute approximate surface area is 117 Å². The van der Waals surface area contributed by atoms with Gasteiger partial charge in [-0.1, -0.05) is 44.2 Å². The van der Waals surface area contributed by atoms with Gasteiger partial charge in [-0.05, 0) is 39.2 Å².